The lowest BCUT2D eigenvalue weighted by Gasteiger charge is -2.15. The van der Waals surface area contributed by atoms with E-state index < -0.39 is 0 Å². The van der Waals surface area contributed by atoms with Crippen LogP contribution in [0.25, 0.3) is 5.69 Å². The van der Waals surface area contributed by atoms with Crippen molar-refractivity contribution in [1.29, 1.82) is 0 Å². The third kappa shape index (κ3) is 2.44. The molecular formula is C14H17BrFN3. The number of hydrogen-bond acceptors (Lipinski definition) is 2. The summed E-state index contributed by atoms with van der Waals surface area (Å²) in [5.41, 5.74) is 9.99. The molecule has 0 unspecified atom stereocenters. The Morgan fingerprint density at radius 1 is 1.32 bits per heavy atom. The molecule has 2 N–H and O–H groups in total. The SMILES string of the molecule is Cc1cc(-n2nc(C)c(Br)c2C)c([C@H](C)N)cc1F. The largest absolute Gasteiger partial charge is 0.324 e. The number of aromatic nitrogens is 2. The van der Waals surface area contributed by atoms with Gasteiger partial charge in [0.2, 0.25) is 0 Å². The zero-order chi connectivity index (χ0) is 14.3. The Morgan fingerprint density at radius 2 is 1.95 bits per heavy atom. The van der Waals surface area contributed by atoms with Crippen LogP contribution in [0.3, 0.4) is 0 Å². The molecule has 1 atom stereocenters. The van der Waals surface area contributed by atoms with Gasteiger partial charge in [0.05, 0.1) is 21.5 Å². The number of nitrogens with zero attached hydrogens (tertiary/aromatic N) is 2. The molecule has 1 aromatic carbocycles. The summed E-state index contributed by atoms with van der Waals surface area (Å²) in [5, 5.41) is 4.49. The van der Waals surface area contributed by atoms with Crippen molar-refractivity contribution < 1.29 is 4.39 Å². The first-order valence-electron chi connectivity index (χ1n) is 6.10. The maximum absolute atomic E-state index is 13.7. The minimum atomic E-state index is -0.257. The van der Waals surface area contributed by atoms with Crippen molar-refractivity contribution in [1.82, 2.24) is 9.78 Å². The quantitative estimate of drug-likeness (QED) is 0.914. The lowest BCUT2D eigenvalue weighted by Crippen LogP contribution is -2.12. The summed E-state index contributed by atoms with van der Waals surface area (Å²) in [5.74, 6) is -0.239. The first-order chi connectivity index (χ1) is 8.82. The molecule has 1 heterocycles. The highest BCUT2D eigenvalue weighted by molar-refractivity contribution is 9.10. The molecule has 5 heteroatoms. The second kappa shape index (κ2) is 5.06. The van der Waals surface area contributed by atoms with Crippen molar-refractivity contribution in [3.63, 3.8) is 0 Å². The summed E-state index contributed by atoms with van der Waals surface area (Å²) in [6, 6.07) is 3.03. The fraction of sp³-hybridized carbons (Fsp3) is 0.357. The number of aryl methyl sites for hydroxylation is 2. The van der Waals surface area contributed by atoms with Crippen LogP contribution in [0.15, 0.2) is 16.6 Å². The number of halogens is 2. The Bertz CT molecular complexity index is 632. The van der Waals surface area contributed by atoms with Gasteiger partial charge in [0.15, 0.2) is 0 Å². The third-order valence-corrected chi connectivity index (χ3v) is 4.38. The van der Waals surface area contributed by atoms with Crippen LogP contribution in [-0.4, -0.2) is 9.78 Å². The van der Waals surface area contributed by atoms with Gasteiger partial charge in [-0.3, -0.25) is 0 Å². The van der Waals surface area contributed by atoms with Crippen LogP contribution in [0.5, 0.6) is 0 Å². The molecule has 19 heavy (non-hydrogen) atoms. The second-order valence-corrected chi connectivity index (χ2v) is 5.64. The minimum absolute atomic E-state index is 0.239. The maximum Gasteiger partial charge on any atom is 0.126 e. The Labute approximate surface area is 120 Å². The van der Waals surface area contributed by atoms with Gasteiger partial charge in [0.25, 0.3) is 0 Å². The van der Waals surface area contributed by atoms with Crippen molar-refractivity contribution in [2.24, 2.45) is 5.73 Å². The number of rotatable bonds is 2. The average Bonchev–Trinajstić information content (AvgIpc) is 2.59. The summed E-state index contributed by atoms with van der Waals surface area (Å²) < 4.78 is 16.5. The lowest BCUT2D eigenvalue weighted by molar-refractivity contribution is 0.610. The smallest absolute Gasteiger partial charge is 0.126 e. The van der Waals surface area contributed by atoms with Crippen LogP contribution in [0.4, 0.5) is 4.39 Å². The normalized spacial score (nSPS) is 12.8. The van der Waals surface area contributed by atoms with Crippen LogP contribution in [0, 0.1) is 26.6 Å². The molecule has 102 valence electrons. The van der Waals surface area contributed by atoms with Crippen LogP contribution in [0.2, 0.25) is 0 Å². The van der Waals surface area contributed by atoms with E-state index in [0.717, 1.165) is 27.1 Å². The minimum Gasteiger partial charge on any atom is -0.324 e. The van der Waals surface area contributed by atoms with Gasteiger partial charge in [-0.05, 0) is 66.9 Å². The first-order valence-corrected chi connectivity index (χ1v) is 6.90. The molecule has 0 amide bonds. The van der Waals surface area contributed by atoms with Crippen molar-refractivity contribution in [3.8, 4) is 5.69 Å². The second-order valence-electron chi connectivity index (χ2n) is 4.85. The van der Waals surface area contributed by atoms with Crippen LogP contribution >= 0.6 is 15.9 Å². The Balaban J connectivity index is 2.73. The number of nitrogens with two attached hydrogens (primary N) is 1. The summed E-state index contributed by atoms with van der Waals surface area (Å²) in [6.45, 7) is 7.47. The van der Waals surface area contributed by atoms with E-state index in [2.05, 4.69) is 21.0 Å². The Hall–Kier alpha value is -1.20. The summed E-state index contributed by atoms with van der Waals surface area (Å²) in [4.78, 5) is 0. The molecule has 0 bridgehead atoms. The Morgan fingerprint density at radius 3 is 2.42 bits per heavy atom. The van der Waals surface area contributed by atoms with Crippen LogP contribution < -0.4 is 5.73 Å². The van der Waals surface area contributed by atoms with E-state index in [-0.39, 0.29) is 11.9 Å². The molecule has 3 nitrogen and oxygen atoms in total. The van der Waals surface area contributed by atoms with Crippen molar-refractivity contribution in [3.05, 3.63) is 44.9 Å². The molecule has 0 saturated carbocycles. The average molecular weight is 326 g/mol. The highest BCUT2D eigenvalue weighted by Crippen LogP contribution is 2.28. The molecule has 2 rings (SSSR count). The van der Waals surface area contributed by atoms with E-state index in [4.69, 9.17) is 5.73 Å². The van der Waals surface area contributed by atoms with Crippen LogP contribution in [0.1, 0.15) is 35.5 Å². The third-order valence-electron chi connectivity index (χ3n) is 3.23. The van der Waals surface area contributed by atoms with Crippen LogP contribution in [-0.2, 0) is 0 Å². The van der Waals surface area contributed by atoms with E-state index in [1.54, 1.807) is 13.0 Å². The standard InChI is InChI=1S/C14H17BrFN3/c1-7-5-13(11(8(2)17)6-12(7)16)19-10(4)14(15)9(3)18-19/h5-6,8H,17H2,1-4H3/t8-/m0/s1. The predicted molar refractivity (Wildman–Crippen MR) is 78.0 cm³/mol. The van der Waals surface area contributed by atoms with Crippen molar-refractivity contribution in [2.45, 2.75) is 33.7 Å². The topological polar surface area (TPSA) is 43.8 Å². The van der Waals surface area contributed by atoms with Gasteiger partial charge >= 0.3 is 0 Å². The highest BCUT2D eigenvalue weighted by atomic mass is 79.9. The zero-order valence-corrected chi connectivity index (χ0v) is 13.0. The fourth-order valence-corrected chi connectivity index (χ4v) is 2.34. The van der Waals surface area contributed by atoms with Crippen molar-refractivity contribution in [2.75, 3.05) is 0 Å². The fourth-order valence-electron chi connectivity index (χ4n) is 2.09. The van der Waals surface area contributed by atoms with E-state index in [9.17, 15) is 4.39 Å². The van der Waals surface area contributed by atoms with E-state index in [1.807, 2.05) is 25.5 Å². The van der Waals surface area contributed by atoms with Gasteiger partial charge in [0.1, 0.15) is 5.82 Å². The predicted octanol–water partition coefficient (Wildman–Crippen LogP) is 3.72. The molecule has 0 saturated heterocycles. The van der Waals surface area contributed by atoms with Gasteiger partial charge < -0.3 is 5.73 Å². The number of hydrogen-bond donors (Lipinski definition) is 1. The first kappa shape index (κ1) is 14.2. The summed E-state index contributed by atoms with van der Waals surface area (Å²) >= 11 is 3.50. The summed E-state index contributed by atoms with van der Waals surface area (Å²) in [7, 11) is 0. The molecule has 2 aromatic rings. The van der Waals surface area contributed by atoms with Gasteiger partial charge in [-0.2, -0.15) is 5.10 Å². The van der Waals surface area contributed by atoms with Gasteiger partial charge in [-0.25, -0.2) is 9.07 Å². The molecule has 0 spiro atoms. The van der Waals surface area contributed by atoms with Gasteiger partial charge in [-0.15, -0.1) is 0 Å². The monoisotopic (exact) mass is 325 g/mol. The molecule has 0 aliphatic rings. The van der Waals surface area contributed by atoms with E-state index in [0.29, 0.717) is 5.56 Å². The molecule has 1 aromatic heterocycles. The molecule has 0 aliphatic carbocycles. The maximum atomic E-state index is 13.7. The number of benzene rings is 1. The van der Waals surface area contributed by atoms with Crippen molar-refractivity contribution >= 4 is 15.9 Å². The molecule has 0 radical (unpaired) electrons. The highest BCUT2D eigenvalue weighted by Gasteiger charge is 2.17. The Kier molecular flexibility index (Phi) is 3.78. The van der Waals surface area contributed by atoms with Gasteiger partial charge in [0, 0.05) is 6.04 Å². The molecular weight excluding hydrogens is 309 g/mol. The molecule has 0 fully saturated rings. The van der Waals surface area contributed by atoms with Gasteiger partial charge in [-0.1, -0.05) is 0 Å². The molecule has 0 aliphatic heterocycles. The van der Waals surface area contributed by atoms with E-state index >= 15 is 0 Å². The summed E-state index contributed by atoms with van der Waals surface area (Å²) in [6.07, 6.45) is 0. The lowest BCUT2D eigenvalue weighted by atomic mass is 10.0. The zero-order valence-electron chi connectivity index (χ0n) is 11.5. The van der Waals surface area contributed by atoms with E-state index in [1.165, 1.54) is 6.07 Å².